The summed E-state index contributed by atoms with van der Waals surface area (Å²) in [7, 11) is 1.52. The fourth-order valence-corrected chi connectivity index (χ4v) is 1.79. The van der Waals surface area contributed by atoms with E-state index in [0.29, 0.717) is 15.6 Å². The summed E-state index contributed by atoms with van der Waals surface area (Å²) < 4.78 is 4.92. The first kappa shape index (κ1) is 9.79. The predicted molar refractivity (Wildman–Crippen MR) is 56.3 cm³/mol. The molecule has 0 aliphatic carbocycles. The Kier molecular flexibility index (Phi) is 2.73. The highest BCUT2D eigenvalue weighted by molar-refractivity contribution is 7.15. The van der Waals surface area contributed by atoms with Crippen LogP contribution in [0.1, 0.15) is 15.2 Å². The predicted octanol–water partition coefficient (Wildman–Crippen LogP) is 1.78. The Balaban J connectivity index is 2.29. The van der Waals surface area contributed by atoms with E-state index in [0.717, 1.165) is 0 Å². The number of rotatable bonds is 3. The molecule has 0 aromatic carbocycles. The van der Waals surface area contributed by atoms with Crippen molar-refractivity contribution < 1.29 is 9.53 Å². The van der Waals surface area contributed by atoms with Crippen LogP contribution in [-0.2, 0) is 0 Å². The number of ketones is 1. The van der Waals surface area contributed by atoms with E-state index in [9.17, 15) is 4.79 Å². The second kappa shape index (κ2) is 4.18. The second-order valence-corrected chi connectivity index (χ2v) is 3.76. The van der Waals surface area contributed by atoms with Gasteiger partial charge in [-0.1, -0.05) is 11.3 Å². The Bertz CT molecular complexity index is 467. The summed E-state index contributed by atoms with van der Waals surface area (Å²) in [6, 6.07) is 3.45. The molecule has 0 spiro atoms. The Morgan fingerprint density at radius 1 is 1.47 bits per heavy atom. The third-order valence-electron chi connectivity index (χ3n) is 1.81. The molecule has 0 radical (unpaired) electrons. The zero-order chi connectivity index (χ0) is 10.7. The van der Waals surface area contributed by atoms with E-state index in [4.69, 9.17) is 4.74 Å². The zero-order valence-electron chi connectivity index (χ0n) is 8.01. The molecular weight excluding hydrogens is 212 g/mol. The lowest BCUT2D eigenvalue weighted by Gasteiger charge is -1.94. The van der Waals surface area contributed by atoms with E-state index < -0.39 is 0 Å². The second-order valence-electron chi connectivity index (χ2n) is 2.77. The van der Waals surface area contributed by atoms with Crippen LogP contribution in [0.3, 0.4) is 0 Å². The first-order chi connectivity index (χ1) is 7.31. The summed E-state index contributed by atoms with van der Waals surface area (Å²) in [6.45, 7) is 0. The molecule has 0 saturated heterocycles. The molecule has 4 nitrogen and oxygen atoms in total. The van der Waals surface area contributed by atoms with Crippen molar-refractivity contribution in [2.24, 2.45) is 0 Å². The van der Waals surface area contributed by atoms with E-state index in [-0.39, 0.29) is 5.78 Å². The van der Waals surface area contributed by atoms with Crippen molar-refractivity contribution in [1.82, 2.24) is 9.97 Å². The van der Waals surface area contributed by atoms with Crippen molar-refractivity contribution in [3.8, 4) is 5.19 Å². The van der Waals surface area contributed by atoms with Gasteiger partial charge < -0.3 is 4.74 Å². The van der Waals surface area contributed by atoms with E-state index >= 15 is 0 Å². The van der Waals surface area contributed by atoms with Crippen LogP contribution < -0.4 is 4.74 Å². The molecule has 2 heterocycles. The lowest BCUT2D eigenvalue weighted by Crippen LogP contribution is -1.98. The van der Waals surface area contributed by atoms with Crippen molar-refractivity contribution in [1.29, 1.82) is 0 Å². The van der Waals surface area contributed by atoms with Crippen LogP contribution in [0.4, 0.5) is 0 Å². The number of hydrogen-bond donors (Lipinski definition) is 0. The third-order valence-corrected chi connectivity index (χ3v) is 2.76. The lowest BCUT2D eigenvalue weighted by atomic mass is 10.2. The average molecular weight is 220 g/mol. The Labute approximate surface area is 90.6 Å². The first-order valence-corrected chi connectivity index (χ1v) is 5.07. The molecule has 0 aliphatic heterocycles. The molecular formula is C10H8N2O2S. The molecule has 0 bridgehead atoms. The Morgan fingerprint density at radius 3 is 2.93 bits per heavy atom. The number of carbonyl (C=O) groups is 1. The summed E-state index contributed by atoms with van der Waals surface area (Å²) in [4.78, 5) is 20.2. The minimum atomic E-state index is -0.0797. The van der Waals surface area contributed by atoms with Crippen LogP contribution in [0.25, 0.3) is 0 Å². The molecule has 0 unspecified atom stereocenters. The molecule has 0 amide bonds. The van der Waals surface area contributed by atoms with Crippen molar-refractivity contribution in [3.63, 3.8) is 0 Å². The highest BCUT2D eigenvalue weighted by Gasteiger charge is 2.12. The van der Waals surface area contributed by atoms with E-state index in [2.05, 4.69) is 9.97 Å². The van der Waals surface area contributed by atoms with Gasteiger partial charge in [0, 0.05) is 18.0 Å². The number of methoxy groups -OCH3 is 1. The number of nitrogens with zero attached hydrogens (tertiary/aromatic N) is 2. The summed E-state index contributed by atoms with van der Waals surface area (Å²) >= 11 is 1.23. The molecule has 0 aliphatic rings. The standard InChI is InChI=1S/C10H8N2O2S/c1-14-10-12-6-8(15-10)9(13)7-3-2-4-11-5-7/h2-6H,1H3. The molecule has 76 valence electrons. The zero-order valence-corrected chi connectivity index (χ0v) is 8.82. The van der Waals surface area contributed by atoms with E-state index in [1.165, 1.54) is 30.8 Å². The number of carbonyl (C=O) groups excluding carboxylic acids is 1. The van der Waals surface area contributed by atoms with Gasteiger partial charge in [-0.05, 0) is 12.1 Å². The van der Waals surface area contributed by atoms with Crippen LogP contribution in [0.5, 0.6) is 5.19 Å². The van der Waals surface area contributed by atoms with Crippen molar-refractivity contribution >= 4 is 17.1 Å². The number of pyridine rings is 1. The lowest BCUT2D eigenvalue weighted by molar-refractivity contribution is 0.104. The average Bonchev–Trinajstić information content (AvgIpc) is 2.78. The molecule has 0 N–H and O–H groups in total. The maximum absolute atomic E-state index is 11.9. The maximum atomic E-state index is 11.9. The number of thiazole rings is 1. The first-order valence-electron chi connectivity index (χ1n) is 4.26. The number of ether oxygens (including phenoxy) is 1. The van der Waals surface area contributed by atoms with Crippen LogP contribution in [-0.4, -0.2) is 22.9 Å². The number of hydrogen-bond acceptors (Lipinski definition) is 5. The van der Waals surface area contributed by atoms with E-state index in [1.54, 1.807) is 18.3 Å². The van der Waals surface area contributed by atoms with Gasteiger partial charge in [0.15, 0.2) is 0 Å². The summed E-state index contributed by atoms with van der Waals surface area (Å²) in [5.74, 6) is -0.0797. The molecule has 15 heavy (non-hydrogen) atoms. The normalized spacial score (nSPS) is 9.93. The van der Waals surface area contributed by atoms with Crippen LogP contribution in [0.2, 0.25) is 0 Å². The number of aromatic nitrogens is 2. The van der Waals surface area contributed by atoms with Gasteiger partial charge >= 0.3 is 0 Å². The van der Waals surface area contributed by atoms with Gasteiger partial charge in [-0.2, -0.15) is 0 Å². The highest BCUT2D eigenvalue weighted by atomic mass is 32.1. The molecule has 0 saturated carbocycles. The smallest absolute Gasteiger partial charge is 0.273 e. The fraction of sp³-hybridized carbons (Fsp3) is 0.100. The van der Waals surface area contributed by atoms with E-state index in [1.807, 2.05) is 0 Å². The third kappa shape index (κ3) is 2.02. The van der Waals surface area contributed by atoms with Gasteiger partial charge in [0.1, 0.15) is 0 Å². The summed E-state index contributed by atoms with van der Waals surface area (Å²) in [5.41, 5.74) is 0.559. The van der Waals surface area contributed by atoms with Gasteiger partial charge in [0.2, 0.25) is 5.78 Å². The van der Waals surface area contributed by atoms with Crippen LogP contribution >= 0.6 is 11.3 Å². The van der Waals surface area contributed by atoms with Gasteiger partial charge in [0.25, 0.3) is 5.19 Å². The minimum Gasteiger partial charge on any atom is -0.473 e. The molecule has 0 atom stereocenters. The minimum absolute atomic E-state index is 0.0797. The van der Waals surface area contributed by atoms with Gasteiger partial charge in [0.05, 0.1) is 18.2 Å². The SMILES string of the molecule is COc1ncc(C(=O)c2cccnc2)s1. The summed E-state index contributed by atoms with van der Waals surface area (Å²) in [6.07, 6.45) is 4.68. The summed E-state index contributed by atoms with van der Waals surface area (Å²) in [5, 5.41) is 0.488. The largest absolute Gasteiger partial charge is 0.473 e. The van der Waals surface area contributed by atoms with Crippen molar-refractivity contribution in [2.45, 2.75) is 0 Å². The Morgan fingerprint density at radius 2 is 2.33 bits per heavy atom. The van der Waals surface area contributed by atoms with Gasteiger partial charge in [-0.3, -0.25) is 9.78 Å². The molecule has 0 fully saturated rings. The van der Waals surface area contributed by atoms with Gasteiger partial charge in [-0.25, -0.2) is 4.98 Å². The maximum Gasteiger partial charge on any atom is 0.273 e. The van der Waals surface area contributed by atoms with Crippen molar-refractivity contribution in [2.75, 3.05) is 7.11 Å². The molecule has 2 aromatic rings. The van der Waals surface area contributed by atoms with Gasteiger partial charge in [-0.15, -0.1) is 0 Å². The fourth-order valence-electron chi connectivity index (χ4n) is 1.10. The quantitative estimate of drug-likeness (QED) is 0.740. The monoisotopic (exact) mass is 220 g/mol. The Hall–Kier alpha value is -1.75. The molecule has 2 rings (SSSR count). The van der Waals surface area contributed by atoms with Crippen LogP contribution in [0, 0.1) is 0 Å². The van der Waals surface area contributed by atoms with Crippen LogP contribution in [0.15, 0.2) is 30.7 Å². The molecule has 2 aromatic heterocycles. The molecule has 5 heteroatoms. The highest BCUT2D eigenvalue weighted by Crippen LogP contribution is 2.22. The topological polar surface area (TPSA) is 52.1 Å². The van der Waals surface area contributed by atoms with Crippen molar-refractivity contribution in [3.05, 3.63) is 41.2 Å².